The number of nitrogens with one attached hydrogen (secondary N) is 1. The van der Waals surface area contributed by atoms with Crippen LogP contribution in [0.3, 0.4) is 0 Å². The van der Waals surface area contributed by atoms with E-state index in [1.54, 1.807) is 29.0 Å². The van der Waals surface area contributed by atoms with Crippen molar-refractivity contribution in [3.05, 3.63) is 72.0 Å². The van der Waals surface area contributed by atoms with Crippen molar-refractivity contribution in [2.75, 3.05) is 13.1 Å². The van der Waals surface area contributed by atoms with Gasteiger partial charge in [0.25, 0.3) is 11.8 Å². The van der Waals surface area contributed by atoms with Gasteiger partial charge in [0.2, 0.25) is 0 Å². The fourth-order valence-electron chi connectivity index (χ4n) is 3.93. The molecule has 9 heteroatoms. The summed E-state index contributed by atoms with van der Waals surface area (Å²) in [6.07, 6.45) is 7.98. The predicted molar refractivity (Wildman–Crippen MR) is 116 cm³/mol. The second kappa shape index (κ2) is 8.62. The summed E-state index contributed by atoms with van der Waals surface area (Å²) in [5, 5.41) is 11.0. The highest BCUT2D eigenvalue weighted by Gasteiger charge is 2.22. The highest BCUT2D eigenvalue weighted by atomic mass is 16.5. The van der Waals surface area contributed by atoms with Crippen LogP contribution in [0.1, 0.15) is 45.8 Å². The maximum atomic E-state index is 13.0. The first-order valence-corrected chi connectivity index (χ1v) is 10.6. The molecule has 32 heavy (non-hydrogen) atoms. The van der Waals surface area contributed by atoms with E-state index in [0.717, 1.165) is 42.7 Å². The predicted octanol–water partition coefficient (Wildman–Crippen LogP) is 2.94. The summed E-state index contributed by atoms with van der Waals surface area (Å²) in [7, 11) is 0. The van der Waals surface area contributed by atoms with Crippen LogP contribution in [0.2, 0.25) is 0 Å². The van der Waals surface area contributed by atoms with Gasteiger partial charge in [0.1, 0.15) is 17.7 Å². The second-order valence-corrected chi connectivity index (χ2v) is 7.72. The number of carbonyl (C=O) groups excluding carboxylic acids is 2. The number of nitrogens with zero attached hydrogens (tertiary/aromatic N) is 5. The summed E-state index contributed by atoms with van der Waals surface area (Å²) < 4.78 is 6.50. The molecule has 0 aliphatic carbocycles. The van der Waals surface area contributed by atoms with E-state index < -0.39 is 0 Å². The average Bonchev–Trinajstić information content (AvgIpc) is 3.53. The van der Waals surface area contributed by atoms with Crippen LogP contribution in [0.5, 0.6) is 0 Å². The third-order valence-corrected chi connectivity index (χ3v) is 5.63. The molecule has 2 amide bonds. The van der Waals surface area contributed by atoms with E-state index in [0.29, 0.717) is 17.0 Å². The smallest absolute Gasteiger partial charge is 0.270 e. The summed E-state index contributed by atoms with van der Waals surface area (Å²) in [5.74, 6) is -0.277. The maximum absolute atomic E-state index is 13.0. The summed E-state index contributed by atoms with van der Waals surface area (Å²) in [5.41, 5.74) is 3.88. The first-order chi connectivity index (χ1) is 15.7. The van der Waals surface area contributed by atoms with Crippen LogP contribution in [-0.2, 0) is 6.54 Å². The van der Waals surface area contributed by atoms with E-state index in [-0.39, 0.29) is 18.4 Å². The van der Waals surface area contributed by atoms with Crippen molar-refractivity contribution in [2.45, 2.75) is 25.8 Å². The van der Waals surface area contributed by atoms with Crippen molar-refractivity contribution in [2.24, 2.45) is 0 Å². The van der Waals surface area contributed by atoms with Gasteiger partial charge < -0.3 is 14.7 Å². The monoisotopic (exact) mass is 430 g/mol. The van der Waals surface area contributed by atoms with Gasteiger partial charge in [-0.25, -0.2) is 4.52 Å². The molecular weight excluding hydrogens is 408 g/mol. The Balaban J connectivity index is 1.37. The number of piperidine rings is 1. The number of pyridine rings is 2. The molecule has 0 radical (unpaired) electrons. The Labute approximate surface area is 184 Å². The van der Waals surface area contributed by atoms with Gasteiger partial charge in [0.05, 0.1) is 29.5 Å². The first kappa shape index (κ1) is 19.9. The molecule has 9 nitrogen and oxygen atoms in total. The van der Waals surface area contributed by atoms with Crippen molar-refractivity contribution in [3.63, 3.8) is 0 Å². The molecule has 1 aliphatic rings. The van der Waals surface area contributed by atoms with Crippen LogP contribution in [-0.4, -0.2) is 49.6 Å². The fourth-order valence-corrected chi connectivity index (χ4v) is 3.93. The van der Waals surface area contributed by atoms with Crippen LogP contribution < -0.4 is 5.32 Å². The number of aromatic nitrogens is 4. The van der Waals surface area contributed by atoms with Gasteiger partial charge in [-0.2, -0.15) is 5.10 Å². The standard InChI is InChI=1S/C23H22N6O3/c30-22(25-14-17-9-12-32-27-17)19-8-7-16(13-24-19)20-5-4-6-21-18(15-26-29(20)21)23(31)28-10-2-1-3-11-28/h4-9,12-13,15H,1-3,10-11,14H2,(H,25,30). The first-order valence-electron chi connectivity index (χ1n) is 10.6. The Morgan fingerprint density at radius 1 is 1.03 bits per heavy atom. The highest BCUT2D eigenvalue weighted by Crippen LogP contribution is 2.23. The molecule has 1 fully saturated rings. The van der Waals surface area contributed by atoms with Crippen LogP contribution in [0.15, 0.2) is 59.6 Å². The third-order valence-electron chi connectivity index (χ3n) is 5.63. The van der Waals surface area contributed by atoms with Crippen molar-refractivity contribution in [3.8, 4) is 11.3 Å². The quantitative estimate of drug-likeness (QED) is 0.522. The molecule has 0 saturated carbocycles. The molecule has 0 unspecified atom stereocenters. The van der Waals surface area contributed by atoms with Crippen molar-refractivity contribution >= 4 is 17.3 Å². The Bertz CT molecular complexity index is 1240. The number of hydrogen-bond acceptors (Lipinski definition) is 6. The Morgan fingerprint density at radius 2 is 1.91 bits per heavy atom. The van der Waals surface area contributed by atoms with E-state index in [1.165, 1.54) is 12.7 Å². The fraction of sp³-hybridized carbons (Fsp3) is 0.261. The van der Waals surface area contributed by atoms with E-state index in [4.69, 9.17) is 4.52 Å². The molecule has 0 spiro atoms. The SMILES string of the molecule is O=C(NCc1ccon1)c1ccc(-c2cccc3c(C(=O)N4CCCCC4)cnn23)cn1. The minimum atomic E-state index is -0.300. The third kappa shape index (κ3) is 3.84. The largest absolute Gasteiger partial charge is 0.364 e. The zero-order valence-corrected chi connectivity index (χ0v) is 17.4. The molecule has 1 aliphatic heterocycles. The zero-order valence-electron chi connectivity index (χ0n) is 17.4. The van der Waals surface area contributed by atoms with Crippen molar-refractivity contribution in [1.82, 2.24) is 30.0 Å². The molecule has 5 heterocycles. The Kier molecular flexibility index (Phi) is 5.37. The van der Waals surface area contributed by atoms with Crippen LogP contribution in [0, 0.1) is 0 Å². The number of amides is 2. The summed E-state index contributed by atoms with van der Waals surface area (Å²) in [6.45, 7) is 1.85. The molecular formula is C23H22N6O3. The molecule has 4 aromatic rings. The topological polar surface area (TPSA) is 106 Å². The van der Waals surface area contributed by atoms with Gasteiger partial charge in [-0.1, -0.05) is 11.2 Å². The van der Waals surface area contributed by atoms with E-state index in [2.05, 4.69) is 20.6 Å². The minimum Gasteiger partial charge on any atom is -0.364 e. The molecule has 0 bridgehead atoms. The Hall–Kier alpha value is -4.01. The number of rotatable bonds is 5. The van der Waals surface area contributed by atoms with Gasteiger partial charge in [-0.15, -0.1) is 0 Å². The zero-order chi connectivity index (χ0) is 21.9. The lowest BCUT2D eigenvalue weighted by molar-refractivity contribution is 0.0726. The lowest BCUT2D eigenvalue weighted by Crippen LogP contribution is -2.35. The van der Waals surface area contributed by atoms with Crippen molar-refractivity contribution in [1.29, 1.82) is 0 Å². The minimum absolute atomic E-state index is 0.0223. The summed E-state index contributed by atoms with van der Waals surface area (Å²) in [6, 6.07) is 10.9. The number of carbonyl (C=O) groups is 2. The van der Waals surface area contributed by atoms with Gasteiger partial charge in [0, 0.05) is 30.9 Å². The lowest BCUT2D eigenvalue weighted by atomic mass is 10.1. The second-order valence-electron chi connectivity index (χ2n) is 7.72. The molecule has 0 atom stereocenters. The average molecular weight is 430 g/mol. The molecule has 1 N–H and O–H groups in total. The summed E-state index contributed by atoms with van der Waals surface area (Å²) >= 11 is 0. The van der Waals surface area contributed by atoms with E-state index >= 15 is 0 Å². The normalized spacial score (nSPS) is 13.9. The Morgan fingerprint density at radius 3 is 2.66 bits per heavy atom. The lowest BCUT2D eigenvalue weighted by Gasteiger charge is -2.26. The van der Waals surface area contributed by atoms with E-state index in [9.17, 15) is 9.59 Å². The van der Waals surface area contributed by atoms with Crippen molar-refractivity contribution < 1.29 is 14.1 Å². The number of fused-ring (bicyclic) bond motifs is 1. The molecule has 0 aromatic carbocycles. The molecule has 1 saturated heterocycles. The molecule has 5 rings (SSSR count). The van der Waals surface area contributed by atoms with E-state index in [1.807, 2.05) is 29.2 Å². The highest BCUT2D eigenvalue weighted by molar-refractivity contribution is 6.01. The van der Waals surface area contributed by atoms with Gasteiger partial charge in [-0.05, 0) is 43.5 Å². The van der Waals surface area contributed by atoms with Crippen LogP contribution in [0.25, 0.3) is 16.8 Å². The van der Waals surface area contributed by atoms with Gasteiger partial charge in [0.15, 0.2) is 0 Å². The van der Waals surface area contributed by atoms with Gasteiger partial charge >= 0.3 is 0 Å². The number of likely N-dealkylation sites (tertiary alicyclic amines) is 1. The van der Waals surface area contributed by atoms with Crippen LogP contribution in [0.4, 0.5) is 0 Å². The summed E-state index contributed by atoms with van der Waals surface area (Å²) in [4.78, 5) is 31.5. The van der Waals surface area contributed by atoms with Crippen LogP contribution >= 0.6 is 0 Å². The molecule has 162 valence electrons. The molecule has 4 aromatic heterocycles. The maximum Gasteiger partial charge on any atom is 0.270 e. The van der Waals surface area contributed by atoms with Gasteiger partial charge in [-0.3, -0.25) is 14.6 Å². The number of hydrogen-bond donors (Lipinski definition) is 1.